The highest BCUT2D eigenvalue weighted by Crippen LogP contribution is 2.33. The number of aromatic nitrogens is 2. The van der Waals surface area contributed by atoms with Crippen molar-refractivity contribution >= 4 is 57.2 Å². The van der Waals surface area contributed by atoms with Crippen molar-refractivity contribution in [2.24, 2.45) is 4.99 Å². The lowest BCUT2D eigenvalue weighted by Crippen LogP contribution is -2.39. The molecule has 0 saturated heterocycles. The lowest BCUT2D eigenvalue weighted by atomic mass is 10.0. The number of carbonyl (C=O) groups excluding carboxylic acids is 1. The van der Waals surface area contributed by atoms with Crippen LogP contribution in [-0.2, 0) is 16.1 Å². The summed E-state index contributed by atoms with van der Waals surface area (Å²) in [5.74, 6) is -0.447. The van der Waals surface area contributed by atoms with Crippen molar-refractivity contribution in [3.8, 4) is 0 Å². The number of carbonyl (C=O) groups is 1. The van der Waals surface area contributed by atoms with E-state index in [1.165, 1.54) is 22.7 Å². The number of thiophene rings is 1. The van der Waals surface area contributed by atoms with Gasteiger partial charge in [0.2, 0.25) is 0 Å². The van der Waals surface area contributed by atoms with E-state index < -0.39 is 12.0 Å². The summed E-state index contributed by atoms with van der Waals surface area (Å²) in [6, 6.07) is 19.4. The SMILES string of the molecule is CCOC(=O)C1=C(C)N=c2sc(=Cc3c(C)n(Cc4ccc(Cl)cc4)c4ccccc34)c(=O)n2C1c1cccs1. The van der Waals surface area contributed by atoms with Crippen LogP contribution >= 0.6 is 34.3 Å². The van der Waals surface area contributed by atoms with Crippen molar-refractivity contribution in [3.63, 3.8) is 0 Å². The Morgan fingerprint density at radius 2 is 1.88 bits per heavy atom. The molecule has 0 spiro atoms. The maximum Gasteiger partial charge on any atom is 0.338 e. The Morgan fingerprint density at radius 1 is 1.10 bits per heavy atom. The lowest BCUT2D eigenvalue weighted by molar-refractivity contribution is -0.139. The van der Waals surface area contributed by atoms with Crippen LogP contribution < -0.4 is 14.9 Å². The monoisotopic (exact) mass is 587 g/mol. The fourth-order valence-electron chi connectivity index (χ4n) is 5.25. The third-order valence-electron chi connectivity index (χ3n) is 7.14. The number of fused-ring (bicyclic) bond motifs is 2. The van der Waals surface area contributed by atoms with E-state index in [4.69, 9.17) is 21.3 Å². The number of ether oxygens (including phenoxy) is 1. The average Bonchev–Trinajstić information content (AvgIpc) is 3.64. The smallest absolute Gasteiger partial charge is 0.338 e. The number of para-hydroxylation sites is 1. The van der Waals surface area contributed by atoms with Gasteiger partial charge >= 0.3 is 5.97 Å². The summed E-state index contributed by atoms with van der Waals surface area (Å²) in [6.45, 7) is 6.58. The fourth-order valence-corrected chi connectivity index (χ4v) is 7.23. The van der Waals surface area contributed by atoms with E-state index in [1.54, 1.807) is 18.4 Å². The highest BCUT2D eigenvalue weighted by atomic mass is 35.5. The molecule has 0 bridgehead atoms. The van der Waals surface area contributed by atoms with E-state index >= 15 is 0 Å². The summed E-state index contributed by atoms with van der Waals surface area (Å²) < 4.78 is 9.85. The second-order valence-electron chi connectivity index (χ2n) is 9.55. The second kappa shape index (κ2) is 10.7. The Morgan fingerprint density at radius 3 is 2.60 bits per heavy atom. The number of nitrogens with zero attached hydrogens (tertiary/aromatic N) is 3. The molecule has 9 heteroatoms. The second-order valence-corrected chi connectivity index (χ2v) is 12.0. The van der Waals surface area contributed by atoms with Crippen LogP contribution in [0, 0.1) is 6.92 Å². The highest BCUT2D eigenvalue weighted by Gasteiger charge is 2.34. The van der Waals surface area contributed by atoms with Crippen LogP contribution in [0.15, 0.2) is 87.1 Å². The van der Waals surface area contributed by atoms with Gasteiger partial charge in [0.05, 0.1) is 22.4 Å². The van der Waals surface area contributed by atoms with Crippen molar-refractivity contribution in [1.29, 1.82) is 0 Å². The Kier molecular flexibility index (Phi) is 7.08. The summed E-state index contributed by atoms with van der Waals surface area (Å²) in [4.78, 5) is 33.2. The molecule has 0 amide bonds. The first-order valence-electron chi connectivity index (χ1n) is 12.9. The van der Waals surface area contributed by atoms with Gasteiger partial charge in [0.1, 0.15) is 6.04 Å². The molecule has 1 aliphatic heterocycles. The summed E-state index contributed by atoms with van der Waals surface area (Å²) in [6.07, 6.45) is 1.97. The first kappa shape index (κ1) is 26.5. The van der Waals surface area contributed by atoms with Crippen LogP contribution in [0.4, 0.5) is 0 Å². The molecule has 1 atom stereocenters. The molecule has 1 aliphatic rings. The van der Waals surface area contributed by atoms with Gasteiger partial charge in [0.25, 0.3) is 5.56 Å². The van der Waals surface area contributed by atoms with Crippen molar-refractivity contribution in [3.05, 3.63) is 124 Å². The van der Waals surface area contributed by atoms with Crippen LogP contribution in [0.5, 0.6) is 0 Å². The van der Waals surface area contributed by atoms with Gasteiger partial charge in [0.15, 0.2) is 4.80 Å². The number of hydrogen-bond acceptors (Lipinski definition) is 6. The number of hydrogen-bond donors (Lipinski definition) is 0. The van der Waals surface area contributed by atoms with Gasteiger partial charge in [-0.2, -0.15) is 0 Å². The van der Waals surface area contributed by atoms with E-state index in [-0.39, 0.29) is 12.2 Å². The first-order chi connectivity index (χ1) is 19.4. The number of esters is 1. The summed E-state index contributed by atoms with van der Waals surface area (Å²) in [5.41, 5.74) is 5.07. The molecule has 4 heterocycles. The maximum atomic E-state index is 14.0. The third kappa shape index (κ3) is 4.56. The van der Waals surface area contributed by atoms with Gasteiger partial charge in [0, 0.05) is 38.6 Å². The zero-order valence-corrected chi connectivity index (χ0v) is 24.6. The number of allylic oxidation sites excluding steroid dienone is 1. The maximum absolute atomic E-state index is 14.0. The van der Waals surface area contributed by atoms with Crippen LogP contribution in [0.3, 0.4) is 0 Å². The number of rotatable bonds is 6. The largest absolute Gasteiger partial charge is 0.463 e. The molecule has 0 N–H and O–H groups in total. The van der Waals surface area contributed by atoms with E-state index in [0.717, 1.165) is 32.6 Å². The molecule has 1 unspecified atom stereocenters. The Balaban J connectivity index is 1.53. The van der Waals surface area contributed by atoms with Gasteiger partial charge in [-0.05, 0) is 62.1 Å². The van der Waals surface area contributed by atoms with Gasteiger partial charge in [-0.3, -0.25) is 9.36 Å². The number of thiazole rings is 1. The molecule has 40 heavy (non-hydrogen) atoms. The Bertz CT molecular complexity index is 1960. The minimum atomic E-state index is -0.579. The van der Waals surface area contributed by atoms with Crippen molar-refractivity contribution < 1.29 is 9.53 Å². The molecule has 0 radical (unpaired) electrons. The predicted molar refractivity (Wildman–Crippen MR) is 162 cm³/mol. The van der Waals surface area contributed by atoms with Gasteiger partial charge in [-0.25, -0.2) is 9.79 Å². The fraction of sp³-hybridized carbons (Fsp3) is 0.194. The van der Waals surface area contributed by atoms with Crippen molar-refractivity contribution in [2.75, 3.05) is 6.61 Å². The summed E-state index contributed by atoms with van der Waals surface area (Å²) in [5, 5.41) is 3.72. The Hall–Kier alpha value is -3.72. The van der Waals surface area contributed by atoms with E-state index in [2.05, 4.69) is 23.6 Å². The van der Waals surface area contributed by atoms with Crippen LogP contribution in [0.25, 0.3) is 17.0 Å². The molecule has 5 aromatic rings. The van der Waals surface area contributed by atoms with E-state index in [9.17, 15) is 9.59 Å². The normalized spacial score (nSPS) is 15.4. The van der Waals surface area contributed by atoms with E-state index in [1.807, 2.05) is 60.0 Å². The lowest BCUT2D eigenvalue weighted by Gasteiger charge is -2.23. The number of benzene rings is 2. The van der Waals surface area contributed by atoms with E-state index in [0.29, 0.717) is 32.2 Å². The van der Waals surface area contributed by atoms with Gasteiger partial charge in [-0.1, -0.05) is 59.3 Å². The molecule has 0 fully saturated rings. The molecule has 0 saturated carbocycles. The highest BCUT2D eigenvalue weighted by molar-refractivity contribution is 7.10. The molecule has 0 aliphatic carbocycles. The molecular weight excluding hydrogens is 562 g/mol. The minimum Gasteiger partial charge on any atom is -0.463 e. The van der Waals surface area contributed by atoms with Crippen LogP contribution in [0.2, 0.25) is 5.02 Å². The quantitative estimate of drug-likeness (QED) is 0.235. The minimum absolute atomic E-state index is 0.176. The number of halogens is 1. The standard InChI is InChI=1S/C31H26ClN3O3S2/c1-4-38-30(37)27-18(2)33-31-35(28(27)25-10-7-15-39-25)29(36)26(40-31)16-23-19(3)34(24-9-6-5-8-22(23)24)17-20-11-13-21(32)14-12-20/h5-16,28H,4,17H2,1-3H3. The average molecular weight is 588 g/mol. The zero-order chi connectivity index (χ0) is 28.0. The van der Waals surface area contributed by atoms with Crippen LogP contribution in [0.1, 0.15) is 41.6 Å². The molecule has 6 rings (SSSR count). The topological polar surface area (TPSA) is 65.6 Å². The van der Waals surface area contributed by atoms with Crippen molar-refractivity contribution in [2.45, 2.75) is 33.4 Å². The third-order valence-corrected chi connectivity index (χ3v) is 9.30. The molecular formula is C31H26ClN3O3S2. The van der Waals surface area contributed by atoms with Gasteiger partial charge < -0.3 is 9.30 Å². The summed E-state index contributed by atoms with van der Waals surface area (Å²) in [7, 11) is 0. The van der Waals surface area contributed by atoms with Crippen molar-refractivity contribution in [1.82, 2.24) is 9.13 Å². The summed E-state index contributed by atoms with van der Waals surface area (Å²) >= 11 is 8.96. The van der Waals surface area contributed by atoms with Crippen LogP contribution in [-0.4, -0.2) is 21.7 Å². The first-order valence-corrected chi connectivity index (χ1v) is 15.0. The molecule has 2 aromatic carbocycles. The molecule has 202 valence electrons. The Labute approximate surface area is 243 Å². The molecule has 6 nitrogen and oxygen atoms in total. The molecule has 3 aromatic heterocycles. The zero-order valence-electron chi connectivity index (χ0n) is 22.2. The predicted octanol–water partition coefficient (Wildman–Crippen LogP) is 5.82. The van der Waals surface area contributed by atoms with Gasteiger partial charge in [-0.15, -0.1) is 11.3 Å².